The smallest absolute Gasteiger partial charge is 0.165 e. The van der Waals surface area contributed by atoms with Gasteiger partial charge in [0.15, 0.2) is 11.6 Å². The van der Waals surface area contributed by atoms with Gasteiger partial charge in [-0.15, -0.1) is 24.8 Å². The van der Waals surface area contributed by atoms with Gasteiger partial charge in [-0.25, -0.2) is 4.39 Å². The summed E-state index contributed by atoms with van der Waals surface area (Å²) in [5, 5.41) is 13.5. The van der Waals surface area contributed by atoms with Gasteiger partial charge in [0.25, 0.3) is 0 Å². The zero-order valence-electron chi connectivity index (χ0n) is 12.6. The molecule has 0 spiro atoms. The third-order valence-corrected chi connectivity index (χ3v) is 4.73. The van der Waals surface area contributed by atoms with Crippen LogP contribution in [0.5, 0.6) is 5.75 Å². The standard InChI is InChI=1S/C16H23FN2O.2ClH/c17-14-7-3-6-13(16(14)20)15(12-4-1-2-5-12)19-10-8-18-9-11-19;;/h3,6-7,12,15,18,20H,1-2,4-5,8-11H2;2*1H/t15-;;/m0../s1. The van der Waals surface area contributed by atoms with E-state index in [1.54, 1.807) is 6.07 Å². The molecule has 0 amide bonds. The average molecular weight is 351 g/mol. The number of phenols is 1. The fourth-order valence-corrected chi connectivity index (χ4v) is 3.75. The zero-order chi connectivity index (χ0) is 13.9. The number of nitrogens with one attached hydrogen (secondary N) is 1. The van der Waals surface area contributed by atoms with E-state index in [-0.39, 0.29) is 36.6 Å². The van der Waals surface area contributed by atoms with E-state index in [2.05, 4.69) is 10.2 Å². The first kappa shape index (κ1) is 19.5. The molecule has 1 aliphatic heterocycles. The minimum atomic E-state index is -0.499. The Hall–Kier alpha value is -0.550. The molecule has 22 heavy (non-hydrogen) atoms. The predicted molar refractivity (Wildman–Crippen MR) is 91.7 cm³/mol. The summed E-state index contributed by atoms with van der Waals surface area (Å²) >= 11 is 0. The van der Waals surface area contributed by atoms with Crippen LogP contribution in [0.4, 0.5) is 4.39 Å². The van der Waals surface area contributed by atoms with Crippen LogP contribution in [-0.2, 0) is 0 Å². The SMILES string of the molecule is Cl.Cl.Oc1c(F)cccc1[C@H](C1CCCC1)N1CCNCC1. The molecule has 1 saturated heterocycles. The van der Waals surface area contributed by atoms with E-state index in [4.69, 9.17) is 0 Å². The van der Waals surface area contributed by atoms with Crippen molar-refractivity contribution in [1.29, 1.82) is 0 Å². The molecule has 1 heterocycles. The first-order valence-corrected chi connectivity index (χ1v) is 7.69. The summed E-state index contributed by atoms with van der Waals surface area (Å²) in [6.07, 6.45) is 4.88. The molecule has 2 N–H and O–H groups in total. The van der Waals surface area contributed by atoms with Gasteiger partial charge in [-0.3, -0.25) is 4.90 Å². The Morgan fingerprint density at radius 2 is 1.77 bits per heavy atom. The van der Waals surface area contributed by atoms with E-state index in [9.17, 15) is 9.50 Å². The average Bonchev–Trinajstić information content (AvgIpc) is 2.99. The van der Waals surface area contributed by atoms with Gasteiger partial charge in [-0.1, -0.05) is 25.0 Å². The van der Waals surface area contributed by atoms with Crippen molar-refractivity contribution in [2.24, 2.45) is 5.92 Å². The second kappa shape index (κ2) is 8.92. The fourth-order valence-electron chi connectivity index (χ4n) is 3.75. The van der Waals surface area contributed by atoms with E-state index in [0.717, 1.165) is 31.7 Å². The summed E-state index contributed by atoms with van der Waals surface area (Å²) in [4.78, 5) is 2.42. The van der Waals surface area contributed by atoms with Gasteiger partial charge in [0, 0.05) is 37.8 Å². The molecule has 0 bridgehead atoms. The number of para-hydroxylation sites is 1. The number of aromatic hydroxyl groups is 1. The number of benzene rings is 1. The summed E-state index contributed by atoms with van der Waals surface area (Å²) in [5.41, 5.74) is 0.777. The molecule has 3 nitrogen and oxygen atoms in total. The second-order valence-electron chi connectivity index (χ2n) is 5.95. The van der Waals surface area contributed by atoms with Gasteiger partial charge in [0.05, 0.1) is 0 Å². The van der Waals surface area contributed by atoms with Crippen molar-refractivity contribution in [3.05, 3.63) is 29.6 Å². The monoisotopic (exact) mass is 350 g/mol. The second-order valence-corrected chi connectivity index (χ2v) is 5.95. The molecule has 1 aromatic carbocycles. The van der Waals surface area contributed by atoms with Crippen molar-refractivity contribution in [3.8, 4) is 5.75 Å². The number of hydrogen-bond acceptors (Lipinski definition) is 3. The lowest BCUT2D eigenvalue weighted by Crippen LogP contribution is -2.46. The third-order valence-electron chi connectivity index (χ3n) is 4.73. The molecule has 2 fully saturated rings. The van der Waals surface area contributed by atoms with E-state index in [1.165, 1.54) is 31.7 Å². The quantitative estimate of drug-likeness (QED) is 0.875. The van der Waals surface area contributed by atoms with Crippen LogP contribution in [0.15, 0.2) is 18.2 Å². The lowest BCUT2D eigenvalue weighted by atomic mass is 9.89. The maximum atomic E-state index is 13.7. The van der Waals surface area contributed by atoms with Crippen LogP contribution in [0, 0.1) is 11.7 Å². The number of phenolic OH excluding ortho intramolecular Hbond substituents is 1. The maximum absolute atomic E-state index is 13.7. The molecule has 1 aliphatic carbocycles. The van der Waals surface area contributed by atoms with E-state index in [1.807, 2.05) is 6.07 Å². The van der Waals surface area contributed by atoms with Crippen LogP contribution in [0.3, 0.4) is 0 Å². The van der Waals surface area contributed by atoms with Gasteiger partial charge in [-0.05, 0) is 24.8 Å². The normalized spacial score (nSPS) is 21.0. The molecule has 6 heteroatoms. The molecule has 1 atom stereocenters. The minimum absolute atomic E-state index is 0. The van der Waals surface area contributed by atoms with Crippen LogP contribution in [0.2, 0.25) is 0 Å². The summed E-state index contributed by atoms with van der Waals surface area (Å²) in [6.45, 7) is 3.88. The highest BCUT2D eigenvalue weighted by atomic mass is 35.5. The van der Waals surface area contributed by atoms with Gasteiger partial charge >= 0.3 is 0 Å². The van der Waals surface area contributed by atoms with Crippen molar-refractivity contribution in [3.63, 3.8) is 0 Å². The first-order chi connectivity index (χ1) is 9.77. The van der Waals surface area contributed by atoms with E-state index >= 15 is 0 Å². The molecule has 0 radical (unpaired) electrons. The summed E-state index contributed by atoms with van der Waals surface area (Å²) in [7, 11) is 0. The van der Waals surface area contributed by atoms with Crippen LogP contribution >= 0.6 is 24.8 Å². The van der Waals surface area contributed by atoms with Crippen molar-refractivity contribution in [1.82, 2.24) is 10.2 Å². The highest BCUT2D eigenvalue weighted by Gasteiger charge is 2.33. The molecule has 0 unspecified atom stereocenters. The molecule has 0 aromatic heterocycles. The van der Waals surface area contributed by atoms with Gasteiger partial charge in [-0.2, -0.15) is 0 Å². The number of halogens is 3. The Labute approximate surface area is 144 Å². The van der Waals surface area contributed by atoms with Gasteiger partial charge < -0.3 is 10.4 Å². The number of nitrogens with zero attached hydrogens (tertiary/aromatic N) is 1. The third kappa shape index (κ3) is 4.05. The molecular formula is C16H25Cl2FN2O. The molecule has 126 valence electrons. The molecular weight excluding hydrogens is 326 g/mol. The highest BCUT2D eigenvalue weighted by Crippen LogP contribution is 2.42. The topological polar surface area (TPSA) is 35.5 Å². The highest BCUT2D eigenvalue weighted by molar-refractivity contribution is 5.85. The Bertz CT molecular complexity index is 463. The zero-order valence-corrected chi connectivity index (χ0v) is 14.3. The van der Waals surface area contributed by atoms with E-state index < -0.39 is 5.82 Å². The number of hydrogen-bond donors (Lipinski definition) is 2. The van der Waals surface area contributed by atoms with Gasteiger partial charge in [0.1, 0.15) is 0 Å². The maximum Gasteiger partial charge on any atom is 0.165 e. The van der Waals surface area contributed by atoms with Crippen molar-refractivity contribution in [2.45, 2.75) is 31.7 Å². The predicted octanol–water partition coefficient (Wildman–Crippen LogP) is 3.51. The summed E-state index contributed by atoms with van der Waals surface area (Å²) in [6, 6.07) is 5.11. The lowest BCUT2D eigenvalue weighted by molar-refractivity contribution is 0.123. The van der Waals surface area contributed by atoms with Crippen LogP contribution in [0.1, 0.15) is 37.3 Å². The molecule has 3 rings (SSSR count). The number of piperazine rings is 1. The van der Waals surface area contributed by atoms with Gasteiger partial charge in [0.2, 0.25) is 0 Å². The van der Waals surface area contributed by atoms with Crippen LogP contribution in [0.25, 0.3) is 0 Å². The van der Waals surface area contributed by atoms with Crippen LogP contribution in [-0.4, -0.2) is 36.2 Å². The Balaban J connectivity index is 0.00000121. The molecule has 1 saturated carbocycles. The lowest BCUT2D eigenvalue weighted by Gasteiger charge is -2.38. The fraction of sp³-hybridized carbons (Fsp3) is 0.625. The van der Waals surface area contributed by atoms with Crippen molar-refractivity contribution < 1.29 is 9.50 Å². The molecule has 1 aromatic rings. The molecule has 2 aliphatic rings. The Morgan fingerprint density at radius 1 is 1.14 bits per heavy atom. The minimum Gasteiger partial charge on any atom is -0.505 e. The summed E-state index contributed by atoms with van der Waals surface area (Å²) < 4.78 is 13.7. The first-order valence-electron chi connectivity index (χ1n) is 7.69. The van der Waals surface area contributed by atoms with Crippen LogP contribution < -0.4 is 5.32 Å². The van der Waals surface area contributed by atoms with Crippen molar-refractivity contribution >= 4 is 24.8 Å². The Kier molecular flexibility index (Phi) is 7.90. The van der Waals surface area contributed by atoms with E-state index in [0.29, 0.717) is 5.92 Å². The largest absolute Gasteiger partial charge is 0.505 e. The summed E-state index contributed by atoms with van der Waals surface area (Å²) in [5.74, 6) is -0.107. The van der Waals surface area contributed by atoms with Crippen molar-refractivity contribution in [2.75, 3.05) is 26.2 Å². The number of rotatable bonds is 3. The Morgan fingerprint density at radius 3 is 2.41 bits per heavy atom.